The number of nitrogens with zero attached hydrogens (tertiary/aromatic N) is 5. The van der Waals surface area contributed by atoms with Gasteiger partial charge in [-0.25, -0.2) is 4.98 Å². The molecule has 8 heteroatoms. The fourth-order valence-electron chi connectivity index (χ4n) is 10.7. The van der Waals surface area contributed by atoms with Crippen LogP contribution in [-0.2, 0) is 5.41 Å². The highest BCUT2D eigenvalue weighted by Crippen LogP contribution is 2.40. The Morgan fingerprint density at radius 3 is 1.89 bits per heavy atom. The quantitative estimate of drug-likeness (QED) is 0.0865. The lowest BCUT2D eigenvalue weighted by molar-refractivity contribution is -0.571. The number of anilines is 1. The number of ether oxygens (including phenoxy) is 1. The minimum atomic E-state index is -2.23. The molecule has 0 spiro atoms. The van der Waals surface area contributed by atoms with Gasteiger partial charge in [0, 0.05) is 28.7 Å². The Hall–Kier alpha value is -7.79. The van der Waals surface area contributed by atoms with Crippen molar-refractivity contribution in [2.75, 3.05) is 4.23 Å². The van der Waals surface area contributed by atoms with Crippen molar-refractivity contribution < 1.29 is 23.0 Å². The molecule has 1 aliphatic rings. The first-order valence-corrected chi connectivity index (χ1v) is 29.4. The first kappa shape index (κ1) is 33.7. The summed E-state index contributed by atoms with van der Waals surface area (Å²) in [5, 5.41) is 5.13. The summed E-state index contributed by atoms with van der Waals surface area (Å²) in [6.45, 7) is 16.5. The fraction of sp³-hybridized carbons (Fsp3) is 0.129. The van der Waals surface area contributed by atoms with Gasteiger partial charge in [0.1, 0.15) is 17.3 Å². The highest BCUT2D eigenvalue weighted by Gasteiger charge is 2.52. The Balaban J connectivity index is 1.02. The summed E-state index contributed by atoms with van der Waals surface area (Å²) in [5.41, 5.74) is 6.47. The highest BCUT2D eigenvalue weighted by molar-refractivity contribution is 7.18. The van der Waals surface area contributed by atoms with Crippen molar-refractivity contribution in [1.29, 1.82) is 0 Å². The second kappa shape index (κ2) is 16.4. The van der Waals surface area contributed by atoms with E-state index >= 15 is 0 Å². The average molecular weight is 952 g/mol. The van der Waals surface area contributed by atoms with Crippen LogP contribution in [0, 0.1) is 6.33 Å². The zero-order valence-electron chi connectivity index (χ0n) is 50.0. The number of hydrogen-bond donors (Lipinski definition) is 0. The van der Waals surface area contributed by atoms with Gasteiger partial charge in [-0.2, -0.15) is 0 Å². The Morgan fingerprint density at radius 1 is 0.571 bits per heavy atom. The predicted molar refractivity (Wildman–Crippen MR) is 295 cm³/mol. The smallest absolute Gasteiger partial charge is 0.269 e. The summed E-state index contributed by atoms with van der Waals surface area (Å²) >= 11 is 0. The van der Waals surface area contributed by atoms with E-state index in [-0.39, 0.29) is 33.4 Å². The second-order valence-corrected chi connectivity index (χ2v) is 28.6. The van der Waals surface area contributed by atoms with Gasteiger partial charge >= 0.3 is 0 Å². The summed E-state index contributed by atoms with van der Waals surface area (Å²) in [4.78, 5) is 5.05. The van der Waals surface area contributed by atoms with E-state index in [4.69, 9.17) is 23.4 Å². The maximum absolute atomic E-state index is 9.08. The highest BCUT2D eigenvalue weighted by atomic mass is 28.4. The minimum absolute atomic E-state index is 0.125. The van der Waals surface area contributed by atoms with Gasteiger partial charge in [-0.1, -0.05) is 154 Å². The Morgan fingerprint density at radius 2 is 1.19 bits per heavy atom. The molecule has 0 radical (unpaired) electrons. The SMILES string of the molecule is [2H]c1c([2H])c([2H])c(-c2cccc(-c3c([2H])c([2H])c([2H])c([2H])c3[2H])c2-[n+]2[c-]n(-c3cccc(Oc4ccc5c6cc7c(cc6n(-c6cc(C(C)(C)C)ccn6)c5c4)[Si](C)(C)N(c4ccccc4)[Si]7(C)C)c3)c3ccccc32)c([2H])c1[2H]. The lowest BCUT2D eigenvalue weighted by Gasteiger charge is -2.41. The topological polar surface area (TPSA) is 39.1 Å². The van der Waals surface area contributed by atoms with E-state index in [0.29, 0.717) is 28.2 Å². The fourth-order valence-corrected chi connectivity index (χ4v) is 23.4. The Bertz CT molecular complexity index is 4270. The largest absolute Gasteiger partial charge is 0.458 e. The Kier molecular flexibility index (Phi) is 7.90. The number of fused-ring (bicyclic) bond motifs is 5. The molecule has 70 heavy (non-hydrogen) atoms. The van der Waals surface area contributed by atoms with Crippen LogP contribution in [0.1, 0.15) is 40.0 Å². The molecule has 0 aliphatic carbocycles. The molecule has 11 aromatic rings. The van der Waals surface area contributed by atoms with Gasteiger partial charge in [0.05, 0.1) is 47.1 Å². The van der Waals surface area contributed by atoms with Crippen molar-refractivity contribution in [2.24, 2.45) is 0 Å². The van der Waals surface area contributed by atoms with Crippen LogP contribution in [0.15, 0.2) is 206 Å². The molecule has 3 aromatic heterocycles. The molecule has 1 aliphatic heterocycles. The van der Waals surface area contributed by atoms with Crippen LogP contribution in [0.25, 0.3) is 72.3 Å². The predicted octanol–water partition coefficient (Wildman–Crippen LogP) is 14.0. The van der Waals surface area contributed by atoms with Crippen molar-refractivity contribution >= 4 is 65.4 Å². The summed E-state index contributed by atoms with van der Waals surface area (Å²) in [7, 11) is -4.42. The molecule has 6 nitrogen and oxygen atoms in total. The van der Waals surface area contributed by atoms with Crippen LogP contribution in [0.2, 0.25) is 26.2 Å². The maximum Gasteiger partial charge on any atom is 0.269 e. The molecule has 0 saturated heterocycles. The van der Waals surface area contributed by atoms with Crippen molar-refractivity contribution in [3.05, 3.63) is 218 Å². The van der Waals surface area contributed by atoms with Gasteiger partial charge in [-0.15, -0.1) is 0 Å². The van der Waals surface area contributed by atoms with Crippen molar-refractivity contribution in [2.45, 2.75) is 52.4 Å². The summed E-state index contributed by atoms with van der Waals surface area (Å²) in [5.74, 6) is 1.94. The van der Waals surface area contributed by atoms with E-state index in [1.807, 2.05) is 65.4 Å². The third-order valence-corrected chi connectivity index (χ3v) is 23.7. The second-order valence-electron chi connectivity index (χ2n) is 19.9. The molecule has 0 unspecified atom stereocenters. The average Bonchev–Trinajstić information content (AvgIpc) is 4.11. The molecule has 8 aromatic carbocycles. The van der Waals surface area contributed by atoms with Crippen molar-refractivity contribution in [3.8, 4) is 50.9 Å². The lowest BCUT2D eigenvalue weighted by Crippen LogP contribution is -2.60. The normalized spacial score (nSPS) is 16.1. The van der Waals surface area contributed by atoms with E-state index in [2.05, 4.69) is 129 Å². The molecule has 4 heterocycles. The van der Waals surface area contributed by atoms with Crippen LogP contribution in [-0.4, -0.2) is 30.6 Å². The van der Waals surface area contributed by atoms with Gasteiger partial charge in [-0.05, 0) is 130 Å². The van der Waals surface area contributed by atoms with Crippen molar-refractivity contribution in [1.82, 2.24) is 14.1 Å². The molecule has 0 bridgehead atoms. The third kappa shape index (κ3) is 7.12. The molecule has 12 rings (SSSR count). The summed E-state index contributed by atoms with van der Waals surface area (Å²) < 4.78 is 103. The number of aromatic nitrogens is 4. The molecule has 342 valence electrons. The summed E-state index contributed by atoms with van der Waals surface area (Å²) in [6.07, 6.45) is 5.38. The van der Waals surface area contributed by atoms with Crippen molar-refractivity contribution in [3.63, 3.8) is 0 Å². The number of para-hydroxylation sites is 4. The maximum atomic E-state index is 9.08. The molecular weight excluding hydrogens is 887 g/mol. The standard InChI is InChI=1S/C62H55N5OSi2/c1-62(2,3)45-35-36-63-60(37-45)66-56-39-49(33-34-52(56)53-40-58-59(41-57(53)66)70(6,7)67(69(58,4)5)46-25-15-10-16-26-46)68-48-28-19-27-47(38-48)64-42-65(55-32-18-17-31-54(55)64)61-50(43-21-11-8-12-22-43)29-20-30-51(61)44-23-13-9-14-24-44/h8-41H,1-7H3/i8D,9D,11D,12D,13D,14D,21D,22D,23D,24D. The molecule has 0 atom stereocenters. The number of pyridine rings is 1. The van der Waals surface area contributed by atoms with E-state index in [1.54, 1.807) is 22.8 Å². The number of hydrogen-bond acceptors (Lipinski definition) is 3. The monoisotopic (exact) mass is 951 g/mol. The number of benzene rings is 8. The molecule has 0 fully saturated rings. The van der Waals surface area contributed by atoms with Gasteiger partial charge in [0.25, 0.3) is 6.33 Å². The zero-order valence-corrected chi connectivity index (χ0v) is 42.0. The minimum Gasteiger partial charge on any atom is -0.458 e. The molecule has 0 saturated carbocycles. The van der Waals surface area contributed by atoms with Crippen LogP contribution >= 0.6 is 0 Å². The lowest BCUT2D eigenvalue weighted by atomic mass is 9.88. The number of imidazole rings is 1. The van der Waals surface area contributed by atoms with Crippen LogP contribution in [0.4, 0.5) is 5.69 Å². The summed E-state index contributed by atoms with van der Waals surface area (Å²) in [6, 6.07) is 40.9. The van der Waals surface area contributed by atoms with Gasteiger partial charge in [0.2, 0.25) is 0 Å². The molecular formula is C62H55N5OSi2. The third-order valence-electron chi connectivity index (χ3n) is 13.8. The van der Waals surface area contributed by atoms with Gasteiger partial charge in [0.15, 0.2) is 16.5 Å². The van der Waals surface area contributed by atoms with Crippen LogP contribution in [0.3, 0.4) is 0 Å². The molecule has 0 amide bonds. The zero-order chi connectivity index (χ0) is 56.6. The van der Waals surface area contributed by atoms with Crippen LogP contribution < -0.4 is 23.9 Å². The van der Waals surface area contributed by atoms with Crippen LogP contribution in [0.5, 0.6) is 11.5 Å². The van der Waals surface area contributed by atoms with E-state index in [0.717, 1.165) is 27.6 Å². The van der Waals surface area contributed by atoms with E-state index in [9.17, 15) is 0 Å². The number of rotatable bonds is 8. The van der Waals surface area contributed by atoms with E-state index in [1.165, 1.54) is 21.6 Å². The first-order chi connectivity index (χ1) is 38.0. The van der Waals surface area contributed by atoms with E-state index < -0.39 is 76.9 Å². The Labute approximate surface area is 426 Å². The van der Waals surface area contributed by atoms with Gasteiger partial charge in [-0.3, -0.25) is 13.7 Å². The van der Waals surface area contributed by atoms with Gasteiger partial charge < -0.3 is 8.97 Å². The first-order valence-electron chi connectivity index (χ1n) is 28.5. The molecule has 0 N–H and O–H groups in total.